The number of hydrogen-bond donors (Lipinski definition) is 8. The predicted octanol–water partition coefficient (Wildman–Crippen LogP) is -2.54. The molecule has 0 aromatic carbocycles. The fraction of sp³-hybridized carbons (Fsp3) is 0.667. The third-order valence-electron chi connectivity index (χ3n) is 6.29. The van der Waals surface area contributed by atoms with E-state index in [9.17, 15) is 39.2 Å². The Morgan fingerprint density at radius 2 is 1.93 bits per heavy atom. The highest BCUT2D eigenvalue weighted by Crippen LogP contribution is 2.62. The molecule has 4 heterocycles. The lowest BCUT2D eigenvalue weighted by Gasteiger charge is -2.41. The molecule has 2 aromatic rings. The van der Waals surface area contributed by atoms with Gasteiger partial charge in [0.1, 0.15) is 43.0 Å². The summed E-state index contributed by atoms with van der Waals surface area (Å²) in [5.41, 5.74) is 2.89. The van der Waals surface area contributed by atoms with E-state index in [0.717, 1.165) is 11.0 Å². The number of nitrogens with two attached hydrogens (primary N) is 1. The van der Waals surface area contributed by atoms with Crippen LogP contribution in [0.15, 0.2) is 19.0 Å². The summed E-state index contributed by atoms with van der Waals surface area (Å²) in [4.78, 5) is 28.1. The van der Waals surface area contributed by atoms with Gasteiger partial charge in [-0.05, 0) is 17.9 Å². The first-order chi connectivity index (χ1) is 19.5. The van der Waals surface area contributed by atoms with Crippen LogP contribution < -0.4 is 5.73 Å². The second-order valence-corrected chi connectivity index (χ2v) is 13.4. The van der Waals surface area contributed by atoms with Crippen molar-refractivity contribution < 1.29 is 71.5 Å². The molecule has 2 aliphatic heterocycles. The van der Waals surface area contributed by atoms with Gasteiger partial charge >= 0.3 is 14.5 Å². The Morgan fingerprint density at radius 1 is 1.24 bits per heavy atom. The van der Waals surface area contributed by atoms with E-state index < -0.39 is 88.7 Å². The van der Waals surface area contributed by atoms with Crippen molar-refractivity contribution >= 4 is 43.3 Å². The number of aromatic nitrogens is 5. The third kappa shape index (κ3) is 6.39. The van der Waals surface area contributed by atoms with E-state index >= 15 is 4.39 Å². The van der Waals surface area contributed by atoms with E-state index in [4.69, 9.17) is 24.8 Å². The number of alkyl halides is 2. The monoisotopic (exact) mass is 666 g/mol. The van der Waals surface area contributed by atoms with Crippen LogP contribution in [-0.2, 0) is 39.2 Å². The molecule has 236 valence electrons. The summed E-state index contributed by atoms with van der Waals surface area (Å²) in [5, 5.41) is 56.9. The van der Waals surface area contributed by atoms with E-state index in [2.05, 4.69) is 47.5 Å². The number of nitrogens with zero attached hydrogens (tertiary/aromatic N) is 5. The van der Waals surface area contributed by atoms with Gasteiger partial charge in [-0.25, -0.2) is 27.6 Å². The maximum absolute atomic E-state index is 15.9. The quantitative estimate of drug-likeness (QED) is 0.0905. The Hall–Kier alpha value is -1.72. The highest BCUT2D eigenvalue weighted by molar-refractivity contribution is 8.08. The molecule has 0 bridgehead atoms. The summed E-state index contributed by atoms with van der Waals surface area (Å²) in [7, 11) is -5.56. The Kier molecular flexibility index (Phi) is 9.75. The lowest BCUT2D eigenvalue weighted by Crippen LogP contribution is -2.60. The highest BCUT2D eigenvalue weighted by atomic mass is 32.5. The molecular weight excluding hydrogens is 640 g/mol. The predicted molar refractivity (Wildman–Crippen MR) is 135 cm³/mol. The van der Waals surface area contributed by atoms with E-state index in [0.29, 0.717) is 6.08 Å². The first kappa shape index (κ1) is 33.2. The zero-order valence-electron chi connectivity index (χ0n) is 20.9. The van der Waals surface area contributed by atoms with Crippen LogP contribution >= 0.6 is 14.5 Å². The van der Waals surface area contributed by atoms with Gasteiger partial charge in [0.2, 0.25) is 5.67 Å². The number of halogens is 2. The number of anilines is 1. The molecule has 2 aromatic heterocycles. The summed E-state index contributed by atoms with van der Waals surface area (Å²) in [6.45, 7) is -3.58. The standard InChI is InChI=1S/C18H26F2N6O13P2S/c1-2-18(20)13(31)7(36-17(18)26-15-8(24-25-26)14(21)22-5-23-15)4-35-41(34,42)39-40(32,33)38-16-11(30)9(28)10(29)12(37-16)6(19)3-27/h2,5-7,9-13,16-17,27-31H,1,3-4H2,(H,32,33)(H,34,42)(H2,21,22,23)/t6-,7+,9?,10?,11?,12?,13+,16?,17+,18+,41?/m0/s1. The number of ether oxygens (including phenoxy) is 2. The second-order valence-electron chi connectivity index (χ2n) is 9.03. The fourth-order valence-electron chi connectivity index (χ4n) is 4.15. The second kappa shape index (κ2) is 12.3. The van der Waals surface area contributed by atoms with Gasteiger partial charge in [0.15, 0.2) is 35.7 Å². The number of hydrogen-bond acceptors (Lipinski definition) is 17. The van der Waals surface area contributed by atoms with Crippen LogP contribution in [0.4, 0.5) is 14.6 Å². The molecule has 12 atom stereocenters. The van der Waals surface area contributed by atoms with Gasteiger partial charge < -0.3 is 55.1 Å². The molecule has 0 spiro atoms. The summed E-state index contributed by atoms with van der Waals surface area (Å²) >= 11 is 4.67. The van der Waals surface area contributed by atoms with E-state index in [1.54, 1.807) is 0 Å². The van der Waals surface area contributed by atoms with Gasteiger partial charge in [-0.1, -0.05) is 11.8 Å². The lowest BCUT2D eigenvalue weighted by atomic mass is 9.96. The van der Waals surface area contributed by atoms with Gasteiger partial charge in [0, 0.05) is 0 Å². The largest absolute Gasteiger partial charge is 0.481 e. The molecule has 24 heteroatoms. The van der Waals surface area contributed by atoms with Crippen molar-refractivity contribution in [1.82, 2.24) is 25.0 Å². The number of nitrogen functional groups attached to an aromatic ring is 1. The minimum absolute atomic E-state index is 0.00142. The topological polar surface area (TPSA) is 287 Å². The van der Waals surface area contributed by atoms with Crippen molar-refractivity contribution in [1.29, 1.82) is 0 Å². The van der Waals surface area contributed by atoms with Crippen molar-refractivity contribution in [2.45, 2.75) is 61.0 Å². The Morgan fingerprint density at radius 3 is 2.57 bits per heavy atom. The number of aliphatic hydroxyl groups excluding tert-OH is 5. The number of fused-ring (bicyclic) bond motifs is 1. The van der Waals surface area contributed by atoms with Gasteiger partial charge in [0.05, 0.1) is 13.2 Å². The molecule has 2 fully saturated rings. The smallest absolute Gasteiger partial charge is 0.393 e. The zero-order valence-corrected chi connectivity index (χ0v) is 23.5. The molecule has 4 rings (SSSR count). The maximum atomic E-state index is 15.9. The molecule has 7 unspecified atom stereocenters. The molecule has 9 N–H and O–H groups in total. The minimum Gasteiger partial charge on any atom is -0.393 e. The molecule has 2 saturated heterocycles. The number of aliphatic hydroxyl groups is 5. The molecule has 0 radical (unpaired) electrons. The summed E-state index contributed by atoms with van der Waals surface area (Å²) < 4.78 is 67.5. The fourth-order valence-corrected chi connectivity index (χ4v) is 7.25. The van der Waals surface area contributed by atoms with E-state index in [-0.39, 0.29) is 17.0 Å². The van der Waals surface area contributed by atoms with Gasteiger partial charge in [-0.3, -0.25) is 4.52 Å². The van der Waals surface area contributed by atoms with E-state index in [1.165, 1.54) is 0 Å². The summed E-state index contributed by atoms with van der Waals surface area (Å²) in [6.07, 6.45) is -16.7. The van der Waals surface area contributed by atoms with Gasteiger partial charge in [0.25, 0.3) is 0 Å². The van der Waals surface area contributed by atoms with Crippen LogP contribution in [0.2, 0.25) is 0 Å². The number of phosphoric ester groups is 1. The summed E-state index contributed by atoms with van der Waals surface area (Å²) in [6, 6.07) is 0. The maximum Gasteiger partial charge on any atom is 0.481 e. The Balaban J connectivity index is 1.44. The van der Waals surface area contributed by atoms with Crippen LogP contribution in [-0.4, -0.2) is 128 Å². The Bertz CT molecular complexity index is 1400. The molecule has 2 aliphatic rings. The average Bonchev–Trinajstić information content (AvgIpc) is 3.46. The van der Waals surface area contributed by atoms with E-state index in [1.807, 2.05) is 0 Å². The van der Waals surface area contributed by atoms with Crippen molar-refractivity contribution in [3.8, 4) is 0 Å². The van der Waals surface area contributed by atoms with Crippen molar-refractivity contribution in [2.75, 3.05) is 18.9 Å². The molecule has 42 heavy (non-hydrogen) atoms. The molecular formula is C18H26F2N6O13P2S. The SMILES string of the molecule is C=C[C@@]1(F)[C@H](O)[C@@H](COP(O)(=S)OP(=O)(O)OC2OC([C@@H](F)CO)C(O)C(O)C2O)O[C@H]1n1nnc2c(N)ncnc21. The van der Waals surface area contributed by atoms with Crippen LogP contribution in [0.1, 0.15) is 6.23 Å². The molecule has 0 saturated carbocycles. The molecule has 0 aliphatic carbocycles. The number of phosphoric acid groups is 1. The Labute approximate surface area is 238 Å². The zero-order chi connectivity index (χ0) is 31.2. The normalized spacial score (nSPS) is 37.3. The third-order valence-corrected chi connectivity index (χ3v) is 9.81. The van der Waals surface area contributed by atoms with Crippen LogP contribution in [0.5, 0.6) is 0 Å². The average molecular weight is 666 g/mol. The van der Waals surface area contributed by atoms with Crippen LogP contribution in [0, 0.1) is 0 Å². The summed E-state index contributed by atoms with van der Waals surface area (Å²) in [5.74, 6) is -0.0771. The van der Waals surface area contributed by atoms with Crippen molar-refractivity contribution in [2.24, 2.45) is 0 Å². The first-order valence-electron chi connectivity index (χ1n) is 11.7. The highest BCUT2D eigenvalue weighted by Gasteiger charge is 2.58. The van der Waals surface area contributed by atoms with Gasteiger partial charge in [-0.2, -0.15) is 4.68 Å². The molecule has 0 amide bonds. The van der Waals surface area contributed by atoms with Crippen LogP contribution in [0.3, 0.4) is 0 Å². The van der Waals surface area contributed by atoms with Crippen molar-refractivity contribution in [3.63, 3.8) is 0 Å². The van der Waals surface area contributed by atoms with Crippen molar-refractivity contribution in [3.05, 3.63) is 19.0 Å². The first-order valence-corrected chi connectivity index (χ1v) is 15.8. The lowest BCUT2D eigenvalue weighted by molar-refractivity contribution is -0.287. The number of rotatable bonds is 11. The van der Waals surface area contributed by atoms with Crippen LogP contribution in [0.25, 0.3) is 11.2 Å². The minimum atomic E-state index is -5.56. The molecule has 19 nitrogen and oxygen atoms in total. The van der Waals surface area contributed by atoms with Gasteiger partial charge in [-0.15, -0.1) is 5.10 Å².